The van der Waals surface area contributed by atoms with Crippen LogP contribution in [0.25, 0.3) is 11.1 Å². The van der Waals surface area contributed by atoms with Gasteiger partial charge in [0.15, 0.2) is 0 Å². The third-order valence-electron chi connectivity index (χ3n) is 4.75. The highest BCUT2D eigenvalue weighted by molar-refractivity contribution is 6.03. The minimum absolute atomic E-state index is 0.0922. The molecule has 1 aliphatic rings. The Balaban J connectivity index is 1.87. The van der Waals surface area contributed by atoms with Crippen molar-refractivity contribution < 1.29 is 0 Å². The zero-order valence-electron chi connectivity index (χ0n) is 13.2. The van der Waals surface area contributed by atoms with E-state index >= 15 is 0 Å². The second-order valence-electron chi connectivity index (χ2n) is 6.13. The number of rotatable bonds is 4. The van der Waals surface area contributed by atoms with Crippen molar-refractivity contribution in [3.63, 3.8) is 0 Å². The molecule has 3 rings (SSSR count). The van der Waals surface area contributed by atoms with Gasteiger partial charge in [-0.15, -0.1) is 0 Å². The van der Waals surface area contributed by atoms with Crippen molar-refractivity contribution in [2.45, 2.75) is 31.7 Å². The topological polar surface area (TPSA) is 26.0 Å². The van der Waals surface area contributed by atoms with Crippen LogP contribution in [-0.4, -0.2) is 0 Å². The van der Waals surface area contributed by atoms with Crippen LogP contribution in [0.3, 0.4) is 0 Å². The summed E-state index contributed by atoms with van der Waals surface area (Å²) in [6, 6.07) is 19.0. The molecular formula is C21H23N. The normalized spacial score (nSPS) is 16.9. The van der Waals surface area contributed by atoms with Crippen LogP contribution < -0.4 is 5.73 Å². The van der Waals surface area contributed by atoms with Gasteiger partial charge in [0.1, 0.15) is 0 Å². The van der Waals surface area contributed by atoms with Crippen molar-refractivity contribution in [3.8, 4) is 0 Å². The quantitative estimate of drug-likeness (QED) is 0.775. The summed E-state index contributed by atoms with van der Waals surface area (Å²) in [4.78, 5) is 0. The van der Waals surface area contributed by atoms with Crippen LogP contribution in [-0.2, 0) is 5.54 Å². The van der Waals surface area contributed by atoms with Crippen LogP contribution >= 0.6 is 0 Å². The van der Waals surface area contributed by atoms with Gasteiger partial charge in [0.2, 0.25) is 0 Å². The lowest BCUT2D eigenvalue weighted by molar-refractivity contribution is 0.253. The number of nitrogens with two attached hydrogens (primary N) is 1. The SMILES string of the molecule is C=C(C(=CC)c1ccc(C2(N)CCC2)cc1)c1ccccc1. The summed E-state index contributed by atoms with van der Waals surface area (Å²) >= 11 is 0. The fourth-order valence-corrected chi connectivity index (χ4v) is 3.14. The highest BCUT2D eigenvalue weighted by Gasteiger charge is 2.34. The molecule has 0 unspecified atom stereocenters. The molecule has 22 heavy (non-hydrogen) atoms. The molecule has 1 saturated carbocycles. The Morgan fingerprint density at radius 1 is 1.00 bits per heavy atom. The lowest BCUT2D eigenvalue weighted by Crippen LogP contribution is -2.43. The molecule has 0 aliphatic heterocycles. The fourth-order valence-electron chi connectivity index (χ4n) is 3.14. The molecule has 0 spiro atoms. The van der Waals surface area contributed by atoms with Gasteiger partial charge in [-0.05, 0) is 54.0 Å². The van der Waals surface area contributed by atoms with Gasteiger partial charge >= 0.3 is 0 Å². The largest absolute Gasteiger partial charge is 0.321 e. The molecule has 0 heterocycles. The van der Waals surface area contributed by atoms with E-state index in [0.717, 1.165) is 24.0 Å². The Morgan fingerprint density at radius 2 is 1.64 bits per heavy atom. The standard InChI is InChI=1S/C21H23N/c1-3-20(16(2)17-8-5-4-6-9-17)18-10-12-19(13-11-18)21(22)14-7-15-21/h3-6,8-13H,2,7,14-15,22H2,1H3. The summed E-state index contributed by atoms with van der Waals surface area (Å²) in [5.74, 6) is 0. The average molecular weight is 289 g/mol. The third-order valence-corrected chi connectivity index (χ3v) is 4.75. The van der Waals surface area contributed by atoms with Crippen molar-refractivity contribution >= 4 is 11.1 Å². The maximum Gasteiger partial charge on any atom is 0.0409 e. The second-order valence-corrected chi connectivity index (χ2v) is 6.13. The van der Waals surface area contributed by atoms with Crippen molar-refractivity contribution in [1.29, 1.82) is 0 Å². The van der Waals surface area contributed by atoms with Crippen molar-refractivity contribution in [1.82, 2.24) is 0 Å². The first-order chi connectivity index (χ1) is 10.6. The minimum Gasteiger partial charge on any atom is -0.321 e. The summed E-state index contributed by atoms with van der Waals surface area (Å²) < 4.78 is 0. The van der Waals surface area contributed by atoms with E-state index in [1.807, 2.05) is 18.2 Å². The van der Waals surface area contributed by atoms with E-state index in [2.05, 4.69) is 56.0 Å². The van der Waals surface area contributed by atoms with Crippen LogP contribution in [0.1, 0.15) is 42.9 Å². The Kier molecular flexibility index (Phi) is 4.00. The predicted octanol–water partition coefficient (Wildman–Crippen LogP) is 5.14. The molecule has 112 valence electrons. The monoisotopic (exact) mass is 289 g/mol. The number of hydrogen-bond donors (Lipinski definition) is 1. The van der Waals surface area contributed by atoms with E-state index in [1.54, 1.807) is 0 Å². The maximum absolute atomic E-state index is 6.40. The number of hydrogen-bond acceptors (Lipinski definition) is 1. The van der Waals surface area contributed by atoms with Crippen LogP contribution in [0.5, 0.6) is 0 Å². The number of allylic oxidation sites excluding steroid dienone is 3. The Labute approximate surface area is 133 Å². The molecule has 2 N–H and O–H groups in total. The minimum atomic E-state index is -0.0922. The molecule has 0 bridgehead atoms. The molecule has 0 radical (unpaired) electrons. The smallest absolute Gasteiger partial charge is 0.0409 e. The van der Waals surface area contributed by atoms with Gasteiger partial charge in [0, 0.05) is 5.54 Å². The molecule has 2 aromatic rings. The first kappa shape index (κ1) is 14.8. The molecule has 0 aromatic heterocycles. The van der Waals surface area contributed by atoms with Crippen molar-refractivity contribution in [3.05, 3.63) is 83.9 Å². The lowest BCUT2D eigenvalue weighted by atomic mass is 9.72. The third kappa shape index (κ3) is 2.65. The molecule has 1 heteroatoms. The average Bonchev–Trinajstić information content (AvgIpc) is 2.54. The van der Waals surface area contributed by atoms with Crippen LogP contribution in [0.2, 0.25) is 0 Å². The van der Waals surface area contributed by atoms with E-state index in [0.29, 0.717) is 0 Å². The fraction of sp³-hybridized carbons (Fsp3) is 0.238. The van der Waals surface area contributed by atoms with Gasteiger partial charge in [0.05, 0.1) is 0 Å². The molecular weight excluding hydrogens is 266 g/mol. The second kappa shape index (κ2) is 5.94. The van der Waals surface area contributed by atoms with Gasteiger partial charge in [-0.25, -0.2) is 0 Å². The van der Waals surface area contributed by atoms with Gasteiger partial charge < -0.3 is 5.73 Å². The summed E-state index contributed by atoms with van der Waals surface area (Å²) in [5, 5.41) is 0. The van der Waals surface area contributed by atoms with Gasteiger partial charge in [0.25, 0.3) is 0 Å². The Hall–Kier alpha value is -2.12. The van der Waals surface area contributed by atoms with E-state index in [-0.39, 0.29) is 5.54 Å². The van der Waals surface area contributed by atoms with E-state index in [9.17, 15) is 0 Å². The zero-order chi connectivity index (χ0) is 15.6. The molecule has 0 atom stereocenters. The molecule has 0 amide bonds. The molecule has 0 saturated heterocycles. The highest BCUT2D eigenvalue weighted by Crippen LogP contribution is 2.39. The van der Waals surface area contributed by atoms with E-state index < -0.39 is 0 Å². The zero-order valence-corrected chi connectivity index (χ0v) is 13.2. The molecule has 1 nitrogen and oxygen atoms in total. The molecule has 2 aromatic carbocycles. The van der Waals surface area contributed by atoms with Crippen LogP contribution in [0.4, 0.5) is 0 Å². The van der Waals surface area contributed by atoms with Gasteiger partial charge in [-0.2, -0.15) is 0 Å². The summed E-state index contributed by atoms with van der Waals surface area (Å²) in [6.07, 6.45) is 5.56. The lowest BCUT2D eigenvalue weighted by Gasteiger charge is -2.38. The molecule has 1 aliphatic carbocycles. The summed E-state index contributed by atoms with van der Waals surface area (Å²) in [7, 11) is 0. The number of benzene rings is 2. The van der Waals surface area contributed by atoms with Crippen molar-refractivity contribution in [2.75, 3.05) is 0 Å². The Bertz CT molecular complexity index is 688. The highest BCUT2D eigenvalue weighted by atomic mass is 14.8. The predicted molar refractivity (Wildman–Crippen MR) is 95.3 cm³/mol. The van der Waals surface area contributed by atoms with Crippen molar-refractivity contribution in [2.24, 2.45) is 5.73 Å². The van der Waals surface area contributed by atoms with E-state index in [4.69, 9.17) is 5.73 Å². The van der Waals surface area contributed by atoms with E-state index in [1.165, 1.54) is 23.1 Å². The summed E-state index contributed by atoms with van der Waals surface area (Å²) in [5.41, 5.74) is 12.2. The van der Waals surface area contributed by atoms with Gasteiger partial charge in [-0.1, -0.05) is 67.3 Å². The summed E-state index contributed by atoms with van der Waals surface area (Å²) in [6.45, 7) is 6.34. The van der Waals surface area contributed by atoms with Gasteiger partial charge in [-0.3, -0.25) is 0 Å². The molecule has 1 fully saturated rings. The van der Waals surface area contributed by atoms with Crippen LogP contribution in [0.15, 0.2) is 67.3 Å². The maximum atomic E-state index is 6.40. The Morgan fingerprint density at radius 3 is 2.14 bits per heavy atom. The first-order valence-corrected chi connectivity index (χ1v) is 7.95. The van der Waals surface area contributed by atoms with Crippen LogP contribution in [0, 0.1) is 0 Å². The first-order valence-electron chi connectivity index (χ1n) is 7.95.